The molecule has 156 valence electrons. The highest BCUT2D eigenvalue weighted by molar-refractivity contribution is 8.52. The molecule has 0 aromatic heterocycles. The predicted molar refractivity (Wildman–Crippen MR) is 127 cm³/mol. The molecule has 1 aliphatic carbocycles. The molecule has 1 N–H and O–H groups in total. The van der Waals surface area contributed by atoms with Crippen LogP contribution in [0.5, 0.6) is 0 Å². The Balaban J connectivity index is 1.92. The fourth-order valence-electron chi connectivity index (χ4n) is 5.08. The number of hydrogen-bond donors (Lipinski definition) is 2. The van der Waals surface area contributed by atoms with Gasteiger partial charge in [-0.25, -0.2) is 9.16 Å². The van der Waals surface area contributed by atoms with Crippen molar-refractivity contribution in [1.82, 2.24) is 0 Å². The van der Waals surface area contributed by atoms with Crippen molar-refractivity contribution in [3.63, 3.8) is 0 Å². The van der Waals surface area contributed by atoms with Crippen LogP contribution in [-0.4, -0.2) is 16.8 Å². The van der Waals surface area contributed by atoms with Gasteiger partial charge in [-0.1, -0.05) is 103 Å². The molecule has 0 radical (unpaired) electrons. The van der Waals surface area contributed by atoms with E-state index in [4.69, 9.17) is 5.11 Å². The largest absolute Gasteiger partial charge is 0.481 e. The van der Waals surface area contributed by atoms with Gasteiger partial charge in [-0.05, 0) is 44.6 Å². The summed E-state index contributed by atoms with van der Waals surface area (Å²) in [4.78, 5) is 16.8. The zero-order valence-electron chi connectivity index (χ0n) is 17.3. The number of allylic oxidation sites excluding steroid dienone is 2. The number of carboxylic acids is 1. The van der Waals surface area contributed by atoms with E-state index < -0.39 is 15.1 Å². The third-order valence-corrected chi connectivity index (χ3v) is 13.7. The molecule has 0 unspecified atom stereocenters. The van der Waals surface area contributed by atoms with Crippen molar-refractivity contribution in [3.8, 4) is 0 Å². The van der Waals surface area contributed by atoms with E-state index in [1.54, 1.807) is 4.91 Å². The molecule has 0 fully saturated rings. The second-order valence-electron chi connectivity index (χ2n) is 8.14. The minimum absolute atomic E-state index is 0.251. The monoisotopic (exact) mass is 418 g/mol. The summed E-state index contributed by atoms with van der Waals surface area (Å²) in [5.41, 5.74) is 0. The molecule has 0 spiro atoms. The van der Waals surface area contributed by atoms with Gasteiger partial charge in [0.05, 0.1) is 0 Å². The first-order valence-corrected chi connectivity index (χ1v) is 13.2. The lowest BCUT2D eigenvalue weighted by Crippen LogP contribution is -2.24. The first-order valence-electron chi connectivity index (χ1n) is 10.8. The summed E-state index contributed by atoms with van der Waals surface area (Å²) in [7, 11) is -2.82. The zero-order chi connectivity index (χ0) is 20.9. The highest BCUT2D eigenvalue weighted by atomic mass is 32.3. The number of benzene rings is 3. The smallest absolute Gasteiger partial charge is 0.303 e. The van der Waals surface area contributed by atoms with E-state index >= 15 is 0 Å². The van der Waals surface area contributed by atoms with Crippen molar-refractivity contribution in [2.75, 3.05) is 5.75 Å². The Morgan fingerprint density at radius 1 is 0.700 bits per heavy atom. The van der Waals surface area contributed by atoms with Crippen LogP contribution in [0.4, 0.5) is 0 Å². The minimum atomic E-state index is -2.82. The molecule has 4 rings (SSSR count). The number of thiol groups is 1. The Hall–Kier alpha value is -2.78. The van der Waals surface area contributed by atoms with Gasteiger partial charge in [0.25, 0.3) is 0 Å². The molecule has 30 heavy (non-hydrogen) atoms. The van der Waals surface area contributed by atoms with Crippen LogP contribution in [0.15, 0.2) is 117 Å². The average molecular weight is 419 g/mol. The number of aliphatic carboxylic acids is 1. The van der Waals surface area contributed by atoms with Gasteiger partial charge < -0.3 is 5.11 Å². The van der Waals surface area contributed by atoms with Gasteiger partial charge in [0, 0.05) is 6.42 Å². The molecule has 0 saturated heterocycles. The van der Waals surface area contributed by atoms with Crippen LogP contribution < -0.4 is 0 Å². The third kappa shape index (κ3) is 3.37. The molecular formula is C27H30O2S. The topological polar surface area (TPSA) is 37.3 Å². The highest BCUT2D eigenvalue weighted by Crippen LogP contribution is 2.92. The minimum Gasteiger partial charge on any atom is -0.481 e. The summed E-state index contributed by atoms with van der Waals surface area (Å²) in [5.74, 6) is 0.348. The van der Waals surface area contributed by atoms with Crippen LogP contribution in [0.1, 0.15) is 32.1 Å². The van der Waals surface area contributed by atoms with Crippen molar-refractivity contribution in [1.29, 1.82) is 0 Å². The first-order chi connectivity index (χ1) is 14.7. The van der Waals surface area contributed by atoms with E-state index in [0.29, 0.717) is 0 Å². The van der Waals surface area contributed by atoms with Gasteiger partial charge in [0.1, 0.15) is 0 Å². The molecule has 3 heteroatoms. The summed E-state index contributed by atoms with van der Waals surface area (Å²) in [6, 6.07) is 33.1. The third-order valence-electron chi connectivity index (χ3n) is 6.49. The Kier molecular flexibility index (Phi) is 5.83. The van der Waals surface area contributed by atoms with E-state index in [0.717, 1.165) is 31.4 Å². The summed E-state index contributed by atoms with van der Waals surface area (Å²) in [6.07, 6.45) is 6.42. The van der Waals surface area contributed by atoms with Gasteiger partial charge in [-0.2, -0.15) is 0 Å². The lowest BCUT2D eigenvalue weighted by atomic mass is 10.2. The Morgan fingerprint density at radius 2 is 1.13 bits per heavy atom. The molecule has 3 aromatic rings. The van der Waals surface area contributed by atoms with Crippen molar-refractivity contribution in [2.24, 2.45) is 0 Å². The molecule has 1 aliphatic rings. The maximum absolute atomic E-state index is 11.0. The lowest BCUT2D eigenvalue weighted by Gasteiger charge is -2.62. The van der Waals surface area contributed by atoms with Crippen LogP contribution >= 0.6 is 9.16 Å². The molecule has 0 saturated carbocycles. The van der Waals surface area contributed by atoms with Gasteiger partial charge in [-0.3, -0.25) is 4.79 Å². The zero-order valence-corrected chi connectivity index (χ0v) is 18.2. The van der Waals surface area contributed by atoms with E-state index in [-0.39, 0.29) is 6.42 Å². The number of carboxylic acid groups (broad SMARTS) is 1. The van der Waals surface area contributed by atoms with Gasteiger partial charge >= 0.3 is 5.97 Å². The molecular weight excluding hydrogens is 388 g/mol. The average Bonchev–Trinajstić information content (AvgIpc) is 3.65. The van der Waals surface area contributed by atoms with Crippen LogP contribution in [0.2, 0.25) is 0 Å². The maximum Gasteiger partial charge on any atom is 0.303 e. The number of hydrogen-bond acceptors (Lipinski definition) is 1. The lowest BCUT2D eigenvalue weighted by molar-refractivity contribution is -0.137. The summed E-state index contributed by atoms with van der Waals surface area (Å²) in [5, 5.41) is 9.05. The van der Waals surface area contributed by atoms with Crippen LogP contribution in [0.25, 0.3) is 0 Å². The SMILES string of the molecule is O=C(O)CCCCC[SH](C1=CC1)(c1ccccc1)(c1ccccc1)c1ccccc1. The summed E-state index contributed by atoms with van der Waals surface area (Å²) in [6.45, 7) is 0. The Bertz CT molecular complexity index is 927. The number of rotatable bonds is 10. The van der Waals surface area contributed by atoms with Gasteiger partial charge in [-0.15, -0.1) is 0 Å². The molecule has 0 heterocycles. The standard InChI is InChI=1S/C27H30O2S/c28-27(29)19-11-4-12-22-30(26-20-21-26,23-13-5-1-6-14-23,24-15-7-2-8-16-24)25-17-9-3-10-18-25/h1-3,5-10,13-18,20,30H,4,11-12,19,21-22H2,(H,28,29). The van der Waals surface area contributed by atoms with E-state index in [2.05, 4.69) is 97.1 Å². The Labute approximate surface area is 179 Å². The van der Waals surface area contributed by atoms with Crippen molar-refractivity contribution in [3.05, 3.63) is 102 Å². The summed E-state index contributed by atoms with van der Waals surface area (Å²) < 4.78 is 0. The second kappa shape index (κ2) is 8.53. The normalized spacial score (nSPS) is 14.4. The first kappa shape index (κ1) is 20.5. The molecule has 0 bridgehead atoms. The quantitative estimate of drug-likeness (QED) is 0.270. The predicted octanol–water partition coefficient (Wildman–Crippen LogP) is 7.17. The molecule has 0 amide bonds. The fourth-order valence-corrected chi connectivity index (χ4v) is 12.3. The highest BCUT2D eigenvalue weighted by Gasteiger charge is 2.51. The van der Waals surface area contributed by atoms with Crippen molar-refractivity contribution >= 4 is 15.1 Å². The fraction of sp³-hybridized carbons (Fsp3) is 0.222. The van der Waals surface area contributed by atoms with Crippen LogP contribution in [-0.2, 0) is 4.79 Å². The van der Waals surface area contributed by atoms with E-state index in [1.807, 2.05) is 0 Å². The summed E-state index contributed by atoms with van der Waals surface area (Å²) >= 11 is 0. The maximum atomic E-state index is 11.0. The van der Waals surface area contributed by atoms with Crippen molar-refractivity contribution in [2.45, 2.75) is 46.8 Å². The Morgan fingerprint density at radius 3 is 1.50 bits per heavy atom. The number of unbranched alkanes of at least 4 members (excludes halogenated alkanes) is 2. The number of carbonyl (C=O) groups is 1. The second-order valence-corrected chi connectivity index (χ2v) is 13.3. The van der Waals surface area contributed by atoms with E-state index in [1.165, 1.54) is 14.7 Å². The molecule has 3 aromatic carbocycles. The molecule has 2 nitrogen and oxygen atoms in total. The van der Waals surface area contributed by atoms with Gasteiger partial charge in [0.15, 0.2) is 0 Å². The van der Waals surface area contributed by atoms with Crippen molar-refractivity contribution < 1.29 is 9.90 Å². The van der Waals surface area contributed by atoms with Gasteiger partial charge in [0.2, 0.25) is 0 Å². The molecule has 0 atom stereocenters. The van der Waals surface area contributed by atoms with E-state index in [9.17, 15) is 4.79 Å². The molecule has 0 aliphatic heterocycles. The van der Waals surface area contributed by atoms with Crippen LogP contribution in [0.3, 0.4) is 0 Å². The van der Waals surface area contributed by atoms with Crippen LogP contribution in [0, 0.1) is 0 Å².